The van der Waals surface area contributed by atoms with Crippen LogP contribution in [0.3, 0.4) is 0 Å². The van der Waals surface area contributed by atoms with Gasteiger partial charge in [-0.15, -0.1) is 0 Å². The van der Waals surface area contributed by atoms with E-state index in [9.17, 15) is 9.18 Å². The molecule has 0 spiro atoms. The molecule has 0 amide bonds. The van der Waals surface area contributed by atoms with Crippen molar-refractivity contribution in [3.8, 4) is 17.1 Å². The highest BCUT2D eigenvalue weighted by Gasteiger charge is 2.22. The van der Waals surface area contributed by atoms with Gasteiger partial charge in [0.1, 0.15) is 5.82 Å². The van der Waals surface area contributed by atoms with Gasteiger partial charge >= 0.3 is 5.69 Å². The molecule has 3 aromatic rings. The van der Waals surface area contributed by atoms with Crippen LogP contribution in [0.15, 0.2) is 47.5 Å². The van der Waals surface area contributed by atoms with Gasteiger partial charge in [-0.1, -0.05) is 6.92 Å². The maximum absolute atomic E-state index is 13.6. The van der Waals surface area contributed by atoms with Gasteiger partial charge < -0.3 is 10.1 Å². The second-order valence-electron chi connectivity index (χ2n) is 9.26. The maximum atomic E-state index is 13.6. The first-order valence-corrected chi connectivity index (χ1v) is 11.9. The second-order valence-corrected chi connectivity index (χ2v) is 9.26. The molecule has 2 aliphatic rings. The molecular weight excluding hydrogens is 421 g/mol. The van der Waals surface area contributed by atoms with Crippen LogP contribution in [-0.4, -0.2) is 37.9 Å². The molecule has 1 aliphatic heterocycles. The van der Waals surface area contributed by atoms with Crippen molar-refractivity contribution in [3.05, 3.63) is 59.0 Å². The van der Waals surface area contributed by atoms with Crippen LogP contribution >= 0.6 is 0 Å². The molecule has 8 heteroatoms. The van der Waals surface area contributed by atoms with Crippen molar-refractivity contribution >= 4 is 5.95 Å². The van der Waals surface area contributed by atoms with Gasteiger partial charge in [0.15, 0.2) is 0 Å². The van der Waals surface area contributed by atoms with E-state index in [0.717, 1.165) is 38.2 Å². The normalized spacial score (nSPS) is 23.0. The number of ether oxygens (including phenoxy) is 1. The van der Waals surface area contributed by atoms with E-state index < -0.39 is 0 Å². The van der Waals surface area contributed by atoms with Crippen molar-refractivity contribution in [1.82, 2.24) is 19.1 Å². The van der Waals surface area contributed by atoms with Crippen LogP contribution in [0.1, 0.15) is 45.4 Å². The lowest BCUT2D eigenvalue weighted by molar-refractivity contribution is 0.0961. The van der Waals surface area contributed by atoms with E-state index in [1.54, 1.807) is 33.5 Å². The minimum Gasteiger partial charge on any atom is -0.376 e. The number of hydrogen-bond acceptors (Lipinski definition) is 5. The fraction of sp³-hybridized carbons (Fsp3) is 0.480. The van der Waals surface area contributed by atoms with Gasteiger partial charge in [-0.2, -0.15) is 0 Å². The Labute approximate surface area is 192 Å². The van der Waals surface area contributed by atoms with E-state index in [-0.39, 0.29) is 17.6 Å². The molecule has 5 rings (SSSR count). The Bertz CT molecular complexity index is 1140. The predicted molar refractivity (Wildman–Crippen MR) is 125 cm³/mol. The highest BCUT2D eigenvalue weighted by molar-refractivity contribution is 5.59. The van der Waals surface area contributed by atoms with E-state index in [2.05, 4.69) is 17.2 Å². The Hall–Kier alpha value is -3.00. The third-order valence-electron chi connectivity index (χ3n) is 6.73. The van der Waals surface area contributed by atoms with Gasteiger partial charge in [0.2, 0.25) is 5.95 Å². The molecule has 0 bridgehead atoms. The molecule has 7 nitrogen and oxygen atoms in total. The van der Waals surface area contributed by atoms with Gasteiger partial charge in [-0.3, -0.25) is 9.13 Å². The number of nitrogens with one attached hydrogen (secondary N) is 1. The molecule has 0 radical (unpaired) electrons. The number of rotatable bonds is 6. The van der Waals surface area contributed by atoms with Crippen LogP contribution in [0.4, 0.5) is 10.3 Å². The third kappa shape index (κ3) is 4.85. The van der Waals surface area contributed by atoms with E-state index in [1.807, 2.05) is 6.20 Å². The zero-order valence-corrected chi connectivity index (χ0v) is 18.9. The summed E-state index contributed by atoms with van der Waals surface area (Å²) in [4.78, 5) is 22.6. The molecule has 2 fully saturated rings. The number of anilines is 1. The Morgan fingerprint density at radius 1 is 1.12 bits per heavy atom. The van der Waals surface area contributed by atoms with E-state index in [4.69, 9.17) is 9.72 Å². The number of nitrogens with zero attached hydrogens (tertiary/aromatic N) is 4. The van der Waals surface area contributed by atoms with Crippen molar-refractivity contribution in [2.75, 3.05) is 11.9 Å². The number of halogens is 1. The Kier molecular flexibility index (Phi) is 6.26. The molecule has 3 heterocycles. The van der Waals surface area contributed by atoms with Crippen LogP contribution in [0.5, 0.6) is 0 Å². The molecule has 33 heavy (non-hydrogen) atoms. The highest BCUT2D eigenvalue weighted by atomic mass is 19.1. The number of hydrogen-bond donors (Lipinski definition) is 1. The summed E-state index contributed by atoms with van der Waals surface area (Å²) < 4.78 is 22.6. The van der Waals surface area contributed by atoms with Gasteiger partial charge in [-0.05, 0) is 74.8 Å². The zero-order valence-electron chi connectivity index (χ0n) is 18.9. The van der Waals surface area contributed by atoms with Crippen molar-refractivity contribution in [2.24, 2.45) is 5.92 Å². The second kappa shape index (κ2) is 9.47. The molecule has 1 aliphatic carbocycles. The average molecular weight is 452 g/mol. The predicted octanol–water partition coefficient (Wildman–Crippen LogP) is 4.40. The summed E-state index contributed by atoms with van der Waals surface area (Å²) >= 11 is 0. The summed E-state index contributed by atoms with van der Waals surface area (Å²) in [5.74, 6) is 0.989. The minimum absolute atomic E-state index is 0.0240. The van der Waals surface area contributed by atoms with Crippen LogP contribution in [0.2, 0.25) is 0 Å². The first kappa shape index (κ1) is 21.8. The van der Waals surface area contributed by atoms with Crippen LogP contribution in [0, 0.1) is 11.7 Å². The molecule has 1 N–H and O–H groups in total. The van der Waals surface area contributed by atoms with Crippen molar-refractivity contribution in [1.29, 1.82) is 0 Å². The third-order valence-corrected chi connectivity index (χ3v) is 6.73. The van der Waals surface area contributed by atoms with E-state index >= 15 is 0 Å². The maximum Gasteiger partial charge on any atom is 0.333 e. The topological polar surface area (TPSA) is 74.0 Å². The Morgan fingerprint density at radius 2 is 1.91 bits per heavy atom. The first-order valence-electron chi connectivity index (χ1n) is 11.9. The quantitative estimate of drug-likeness (QED) is 0.601. The molecule has 2 aromatic heterocycles. The molecule has 1 atom stereocenters. The summed E-state index contributed by atoms with van der Waals surface area (Å²) in [6, 6.07) is 8.11. The summed E-state index contributed by atoms with van der Waals surface area (Å²) in [5, 5.41) is 3.47. The minimum atomic E-state index is -0.345. The van der Waals surface area contributed by atoms with Crippen molar-refractivity contribution in [2.45, 2.75) is 64.1 Å². The van der Waals surface area contributed by atoms with Gasteiger partial charge in [-0.25, -0.2) is 19.2 Å². The van der Waals surface area contributed by atoms with E-state index in [1.165, 1.54) is 25.0 Å². The first-order chi connectivity index (χ1) is 16.1. The summed E-state index contributed by atoms with van der Waals surface area (Å²) in [6.07, 6.45) is 10.1. The molecule has 1 saturated carbocycles. The SMILES string of the molecule is CC1CCC(Nc2nccc(-c3cn(CC4CCCO4)c(=O)n3-c3ccc(F)cc3)n2)CC1. The molecular formula is C25H30FN5O2. The summed E-state index contributed by atoms with van der Waals surface area (Å²) in [7, 11) is 0. The average Bonchev–Trinajstić information content (AvgIpc) is 3.45. The lowest BCUT2D eigenvalue weighted by Gasteiger charge is -2.26. The van der Waals surface area contributed by atoms with Gasteiger partial charge in [0.05, 0.1) is 29.7 Å². The summed E-state index contributed by atoms with van der Waals surface area (Å²) in [5.41, 5.74) is 1.69. The number of benzene rings is 1. The lowest BCUT2D eigenvalue weighted by atomic mass is 9.87. The Balaban J connectivity index is 1.49. The fourth-order valence-electron chi connectivity index (χ4n) is 4.81. The smallest absolute Gasteiger partial charge is 0.333 e. The number of aromatic nitrogens is 4. The molecule has 174 valence electrons. The zero-order chi connectivity index (χ0) is 22.8. The van der Waals surface area contributed by atoms with E-state index in [0.29, 0.717) is 35.6 Å². The summed E-state index contributed by atoms with van der Waals surface area (Å²) in [6.45, 7) is 3.51. The van der Waals surface area contributed by atoms with Crippen molar-refractivity contribution < 1.29 is 9.13 Å². The van der Waals surface area contributed by atoms with Crippen LogP contribution in [-0.2, 0) is 11.3 Å². The monoisotopic (exact) mass is 451 g/mol. The van der Waals surface area contributed by atoms with Crippen LogP contribution in [0.25, 0.3) is 17.1 Å². The largest absolute Gasteiger partial charge is 0.376 e. The van der Waals surface area contributed by atoms with Gasteiger partial charge in [0, 0.05) is 25.0 Å². The molecule has 1 aromatic carbocycles. The van der Waals surface area contributed by atoms with Gasteiger partial charge in [0.25, 0.3) is 0 Å². The highest BCUT2D eigenvalue weighted by Crippen LogP contribution is 2.26. The molecule has 1 unspecified atom stereocenters. The number of imidazole rings is 1. The van der Waals surface area contributed by atoms with Crippen LogP contribution < -0.4 is 11.0 Å². The molecule has 1 saturated heterocycles. The fourth-order valence-corrected chi connectivity index (χ4v) is 4.81. The lowest BCUT2D eigenvalue weighted by Crippen LogP contribution is -2.27. The van der Waals surface area contributed by atoms with Crippen molar-refractivity contribution in [3.63, 3.8) is 0 Å². The standard InChI is InChI=1S/C25H30FN5O2/c1-17-4-8-19(9-5-17)28-24-27-13-12-22(29-24)23-16-30(15-21-3-2-14-33-21)25(32)31(23)20-10-6-18(26)7-11-20/h6-7,10-13,16-17,19,21H,2-5,8-9,14-15H2,1H3,(H,27,28,29). The Morgan fingerprint density at radius 3 is 2.64 bits per heavy atom.